The summed E-state index contributed by atoms with van der Waals surface area (Å²) in [4.78, 5) is 10.9. The van der Waals surface area contributed by atoms with Gasteiger partial charge in [0, 0.05) is 19.1 Å². The summed E-state index contributed by atoms with van der Waals surface area (Å²) in [6, 6.07) is 0.0355. The molecule has 0 unspecified atom stereocenters. The molecule has 2 heterocycles. The van der Waals surface area contributed by atoms with Crippen molar-refractivity contribution in [2.75, 3.05) is 13.1 Å². The molecule has 1 aromatic heterocycles. The molecule has 0 spiro atoms. The Bertz CT molecular complexity index is 644. The molecule has 9 heteroatoms. The van der Waals surface area contributed by atoms with Crippen LogP contribution in [0.1, 0.15) is 24.2 Å². The Morgan fingerprint density at radius 1 is 1.38 bits per heavy atom. The number of rotatable bonds is 4. The fraction of sp³-hybridized carbons (Fsp3) is 0.667. The van der Waals surface area contributed by atoms with Crippen molar-refractivity contribution in [3.63, 3.8) is 0 Å². The average molecular weight is 316 g/mol. The van der Waals surface area contributed by atoms with Crippen LogP contribution < -0.4 is 5.73 Å². The molecule has 0 radical (unpaired) electrons. The summed E-state index contributed by atoms with van der Waals surface area (Å²) in [5.41, 5.74) is 6.47. The molecule has 3 N–H and O–H groups in total. The second-order valence-corrected chi connectivity index (χ2v) is 7.17. The van der Waals surface area contributed by atoms with Crippen LogP contribution in [0.2, 0.25) is 0 Å². The molecule has 1 saturated heterocycles. The van der Waals surface area contributed by atoms with Gasteiger partial charge in [-0.25, -0.2) is 8.42 Å². The van der Waals surface area contributed by atoms with Gasteiger partial charge in [-0.05, 0) is 26.7 Å². The van der Waals surface area contributed by atoms with Crippen molar-refractivity contribution in [3.05, 3.63) is 11.4 Å². The molecular formula is C12H20N4O4S. The minimum absolute atomic E-state index is 0.0355. The maximum absolute atomic E-state index is 12.7. The van der Waals surface area contributed by atoms with E-state index in [-0.39, 0.29) is 17.5 Å². The van der Waals surface area contributed by atoms with E-state index in [1.807, 2.05) is 0 Å². The highest BCUT2D eigenvalue weighted by atomic mass is 32.2. The molecule has 1 aliphatic rings. The summed E-state index contributed by atoms with van der Waals surface area (Å²) in [5, 5.41) is 12.9. The van der Waals surface area contributed by atoms with Crippen LogP contribution >= 0.6 is 0 Å². The van der Waals surface area contributed by atoms with Gasteiger partial charge in [0.2, 0.25) is 10.0 Å². The molecule has 8 nitrogen and oxygen atoms in total. The van der Waals surface area contributed by atoms with Crippen LogP contribution in [0.25, 0.3) is 0 Å². The number of nitrogens with zero attached hydrogens (tertiary/aromatic N) is 3. The minimum atomic E-state index is -3.66. The van der Waals surface area contributed by atoms with E-state index in [2.05, 4.69) is 5.10 Å². The number of aliphatic carboxylic acids is 1. The lowest BCUT2D eigenvalue weighted by molar-refractivity contribution is -0.137. The van der Waals surface area contributed by atoms with E-state index in [1.54, 1.807) is 13.8 Å². The van der Waals surface area contributed by atoms with Crippen LogP contribution in [-0.2, 0) is 21.4 Å². The molecule has 21 heavy (non-hydrogen) atoms. The smallest absolute Gasteiger partial charge is 0.325 e. The van der Waals surface area contributed by atoms with Gasteiger partial charge in [-0.15, -0.1) is 0 Å². The number of carbonyl (C=O) groups is 1. The average Bonchev–Trinajstić information content (AvgIpc) is 2.64. The third kappa shape index (κ3) is 3.09. The molecule has 0 aliphatic carbocycles. The van der Waals surface area contributed by atoms with Crippen molar-refractivity contribution in [2.24, 2.45) is 5.73 Å². The highest BCUT2D eigenvalue weighted by molar-refractivity contribution is 7.89. The largest absolute Gasteiger partial charge is 0.480 e. The monoisotopic (exact) mass is 316 g/mol. The lowest BCUT2D eigenvalue weighted by atomic mass is 10.1. The van der Waals surface area contributed by atoms with Gasteiger partial charge < -0.3 is 10.8 Å². The summed E-state index contributed by atoms with van der Waals surface area (Å²) in [6.07, 6.45) is 1.25. The Balaban J connectivity index is 2.36. The van der Waals surface area contributed by atoms with Gasteiger partial charge in [0.05, 0.1) is 11.4 Å². The van der Waals surface area contributed by atoms with E-state index in [1.165, 1.54) is 8.99 Å². The van der Waals surface area contributed by atoms with Gasteiger partial charge in [-0.2, -0.15) is 9.40 Å². The summed E-state index contributed by atoms with van der Waals surface area (Å²) < 4.78 is 28.0. The van der Waals surface area contributed by atoms with Crippen LogP contribution in [0.4, 0.5) is 0 Å². The zero-order valence-corrected chi connectivity index (χ0v) is 12.9. The van der Waals surface area contributed by atoms with E-state index in [9.17, 15) is 13.2 Å². The van der Waals surface area contributed by atoms with Crippen molar-refractivity contribution in [3.8, 4) is 0 Å². The van der Waals surface area contributed by atoms with Crippen molar-refractivity contribution < 1.29 is 18.3 Å². The normalized spacial score (nSPS) is 18.0. The highest BCUT2D eigenvalue weighted by Gasteiger charge is 2.33. The maximum atomic E-state index is 12.7. The molecule has 0 bridgehead atoms. The number of carboxylic acid groups (broad SMARTS) is 1. The van der Waals surface area contributed by atoms with Crippen LogP contribution in [0.5, 0.6) is 0 Å². The van der Waals surface area contributed by atoms with E-state index in [0.717, 1.165) is 0 Å². The standard InChI is InChI=1S/C12H20N4O4S/c1-8-12(9(2)16(14-8)7-11(17)18)21(19,20)15-5-3-10(13)4-6-15/h10H,3-7,13H2,1-2H3,(H,17,18). The highest BCUT2D eigenvalue weighted by Crippen LogP contribution is 2.25. The predicted molar refractivity (Wildman–Crippen MR) is 75.3 cm³/mol. The quantitative estimate of drug-likeness (QED) is 0.787. The molecule has 0 saturated carbocycles. The third-order valence-corrected chi connectivity index (χ3v) is 5.85. The van der Waals surface area contributed by atoms with Crippen LogP contribution in [-0.4, -0.2) is 52.7 Å². The fourth-order valence-corrected chi connectivity index (χ4v) is 4.42. The number of aromatic nitrogens is 2. The number of hydrogen-bond acceptors (Lipinski definition) is 5. The summed E-state index contributed by atoms with van der Waals surface area (Å²) >= 11 is 0. The van der Waals surface area contributed by atoms with Gasteiger partial charge in [0.1, 0.15) is 11.4 Å². The minimum Gasteiger partial charge on any atom is -0.480 e. The number of sulfonamides is 1. The molecule has 0 atom stereocenters. The number of piperidine rings is 1. The third-order valence-electron chi connectivity index (χ3n) is 3.70. The first-order valence-corrected chi connectivity index (χ1v) is 8.19. The van der Waals surface area contributed by atoms with Gasteiger partial charge in [-0.3, -0.25) is 9.48 Å². The van der Waals surface area contributed by atoms with E-state index in [4.69, 9.17) is 10.8 Å². The molecule has 0 amide bonds. The molecule has 1 aliphatic heterocycles. The number of nitrogens with two attached hydrogens (primary N) is 1. The van der Waals surface area contributed by atoms with Crippen molar-refractivity contribution in [1.82, 2.24) is 14.1 Å². The van der Waals surface area contributed by atoms with E-state index >= 15 is 0 Å². The number of aryl methyl sites for hydroxylation is 1. The molecule has 118 valence electrons. The lowest BCUT2D eigenvalue weighted by Crippen LogP contribution is -2.43. The number of hydrogen-bond donors (Lipinski definition) is 2. The molecule has 1 fully saturated rings. The first-order chi connectivity index (χ1) is 9.73. The van der Waals surface area contributed by atoms with Gasteiger partial charge >= 0.3 is 5.97 Å². The second-order valence-electron chi connectivity index (χ2n) is 5.29. The number of carboxylic acids is 1. The molecule has 1 aromatic rings. The lowest BCUT2D eigenvalue weighted by Gasteiger charge is -2.29. The Kier molecular flexibility index (Phi) is 4.35. The maximum Gasteiger partial charge on any atom is 0.325 e. The summed E-state index contributed by atoms with van der Waals surface area (Å²) in [6.45, 7) is 3.56. The Morgan fingerprint density at radius 2 is 1.95 bits per heavy atom. The Labute approximate surface area is 123 Å². The Morgan fingerprint density at radius 3 is 2.48 bits per heavy atom. The van der Waals surface area contributed by atoms with Crippen LogP contribution in [0, 0.1) is 13.8 Å². The van der Waals surface area contributed by atoms with Crippen LogP contribution in [0.3, 0.4) is 0 Å². The first-order valence-electron chi connectivity index (χ1n) is 6.75. The SMILES string of the molecule is Cc1nn(CC(=O)O)c(C)c1S(=O)(=O)N1CCC(N)CC1. The van der Waals surface area contributed by atoms with E-state index in [0.29, 0.717) is 37.3 Å². The second kappa shape index (κ2) is 5.74. The first kappa shape index (κ1) is 15.9. The fourth-order valence-electron chi connectivity index (χ4n) is 2.58. The van der Waals surface area contributed by atoms with E-state index < -0.39 is 16.0 Å². The van der Waals surface area contributed by atoms with Crippen LogP contribution in [0.15, 0.2) is 4.90 Å². The van der Waals surface area contributed by atoms with Gasteiger partial charge in [0.15, 0.2) is 0 Å². The van der Waals surface area contributed by atoms with Crippen molar-refractivity contribution in [2.45, 2.75) is 44.2 Å². The Hall–Kier alpha value is -1.45. The molecular weight excluding hydrogens is 296 g/mol. The topological polar surface area (TPSA) is 119 Å². The molecule has 2 rings (SSSR count). The van der Waals surface area contributed by atoms with Gasteiger partial charge in [-0.1, -0.05) is 0 Å². The predicted octanol–water partition coefficient (Wildman–Crippen LogP) is -0.304. The zero-order chi connectivity index (χ0) is 15.8. The zero-order valence-electron chi connectivity index (χ0n) is 12.1. The summed E-state index contributed by atoms with van der Waals surface area (Å²) in [7, 11) is -3.66. The molecule has 0 aromatic carbocycles. The van der Waals surface area contributed by atoms with Gasteiger partial charge in [0.25, 0.3) is 0 Å². The summed E-state index contributed by atoms with van der Waals surface area (Å²) in [5.74, 6) is -1.06. The van der Waals surface area contributed by atoms with Crippen molar-refractivity contribution in [1.29, 1.82) is 0 Å². The van der Waals surface area contributed by atoms with Crippen molar-refractivity contribution >= 4 is 16.0 Å².